The Bertz CT molecular complexity index is 429. The first kappa shape index (κ1) is 9.70. The van der Waals surface area contributed by atoms with Crippen molar-refractivity contribution < 1.29 is 9.90 Å². The van der Waals surface area contributed by atoms with Gasteiger partial charge in [-0.05, 0) is 12.8 Å². The molecule has 0 saturated carbocycles. The van der Waals surface area contributed by atoms with Crippen molar-refractivity contribution in [2.45, 2.75) is 18.9 Å². The zero-order chi connectivity index (χ0) is 10.8. The summed E-state index contributed by atoms with van der Waals surface area (Å²) in [6.45, 7) is 0.632. The molecular formula is C9H11N3O3. The van der Waals surface area contributed by atoms with Gasteiger partial charge in [-0.25, -0.2) is 9.78 Å². The van der Waals surface area contributed by atoms with E-state index in [-0.39, 0.29) is 5.56 Å². The van der Waals surface area contributed by atoms with E-state index in [1.165, 1.54) is 12.4 Å². The summed E-state index contributed by atoms with van der Waals surface area (Å²) in [6.07, 6.45) is 2.70. The van der Waals surface area contributed by atoms with Crippen molar-refractivity contribution in [1.82, 2.24) is 9.97 Å². The highest BCUT2D eigenvalue weighted by atomic mass is 16.4. The molecule has 6 heteroatoms. The number of nitrogens with one attached hydrogen (secondary N) is 1. The lowest BCUT2D eigenvalue weighted by atomic mass is 10.2. The van der Waals surface area contributed by atoms with Crippen LogP contribution in [0.4, 0.5) is 5.82 Å². The second-order valence-electron chi connectivity index (χ2n) is 3.46. The number of aliphatic carboxylic acids is 1. The van der Waals surface area contributed by atoms with Crippen molar-refractivity contribution in [3.05, 3.63) is 22.7 Å². The molecule has 1 unspecified atom stereocenters. The maximum Gasteiger partial charge on any atom is 0.326 e. The van der Waals surface area contributed by atoms with Gasteiger partial charge in [0.25, 0.3) is 5.56 Å². The second-order valence-corrected chi connectivity index (χ2v) is 3.46. The molecule has 2 rings (SSSR count). The normalized spacial score (nSPS) is 20.5. The number of aromatic amines is 1. The van der Waals surface area contributed by atoms with Crippen LogP contribution in [0, 0.1) is 0 Å². The number of nitrogens with zero attached hydrogens (tertiary/aromatic N) is 2. The largest absolute Gasteiger partial charge is 0.480 e. The minimum atomic E-state index is -0.866. The van der Waals surface area contributed by atoms with E-state index < -0.39 is 12.0 Å². The van der Waals surface area contributed by atoms with Crippen molar-refractivity contribution in [2.24, 2.45) is 0 Å². The zero-order valence-electron chi connectivity index (χ0n) is 8.01. The van der Waals surface area contributed by atoms with Gasteiger partial charge in [-0.1, -0.05) is 0 Å². The molecule has 1 saturated heterocycles. The third kappa shape index (κ3) is 1.83. The molecule has 6 nitrogen and oxygen atoms in total. The fourth-order valence-electron chi connectivity index (χ4n) is 1.81. The highest BCUT2D eigenvalue weighted by Gasteiger charge is 2.31. The smallest absolute Gasteiger partial charge is 0.326 e. The summed E-state index contributed by atoms with van der Waals surface area (Å²) < 4.78 is 0. The lowest BCUT2D eigenvalue weighted by Crippen LogP contribution is -2.37. The van der Waals surface area contributed by atoms with Gasteiger partial charge in [0.05, 0.1) is 6.33 Å². The Morgan fingerprint density at radius 2 is 2.47 bits per heavy atom. The van der Waals surface area contributed by atoms with Crippen LogP contribution in [0.2, 0.25) is 0 Å². The maximum atomic E-state index is 11.1. The van der Waals surface area contributed by atoms with Gasteiger partial charge < -0.3 is 15.0 Å². The lowest BCUT2D eigenvalue weighted by molar-refractivity contribution is -0.138. The molecule has 1 aromatic heterocycles. The summed E-state index contributed by atoms with van der Waals surface area (Å²) in [6, 6.07) is 0.764. The third-order valence-electron chi connectivity index (χ3n) is 2.50. The van der Waals surface area contributed by atoms with Crippen molar-refractivity contribution in [1.29, 1.82) is 0 Å². The van der Waals surface area contributed by atoms with Crippen LogP contribution in [0.3, 0.4) is 0 Å². The summed E-state index contributed by atoms with van der Waals surface area (Å²) in [7, 11) is 0. The van der Waals surface area contributed by atoms with E-state index in [2.05, 4.69) is 9.97 Å². The number of hydrogen-bond acceptors (Lipinski definition) is 4. The molecular weight excluding hydrogens is 198 g/mol. The summed E-state index contributed by atoms with van der Waals surface area (Å²) in [5.74, 6) is -0.432. The van der Waals surface area contributed by atoms with Crippen LogP contribution < -0.4 is 10.5 Å². The van der Waals surface area contributed by atoms with Crippen LogP contribution >= 0.6 is 0 Å². The molecule has 0 aliphatic carbocycles. The summed E-state index contributed by atoms with van der Waals surface area (Å²) in [5.41, 5.74) is -0.268. The summed E-state index contributed by atoms with van der Waals surface area (Å²) >= 11 is 0. The lowest BCUT2D eigenvalue weighted by Gasteiger charge is -2.21. The predicted octanol–water partition coefficient (Wildman–Crippen LogP) is -0.177. The average Bonchev–Trinajstić information content (AvgIpc) is 2.65. The highest BCUT2D eigenvalue weighted by Crippen LogP contribution is 2.22. The Morgan fingerprint density at radius 1 is 1.67 bits per heavy atom. The Hall–Kier alpha value is -1.85. The van der Waals surface area contributed by atoms with Crippen LogP contribution in [-0.2, 0) is 4.79 Å². The van der Waals surface area contributed by atoms with Crippen LogP contribution in [0.25, 0.3) is 0 Å². The molecule has 1 aliphatic rings. The maximum absolute atomic E-state index is 11.1. The minimum absolute atomic E-state index is 0.268. The molecule has 1 aliphatic heterocycles. The van der Waals surface area contributed by atoms with Crippen LogP contribution in [0.1, 0.15) is 12.8 Å². The fraction of sp³-hybridized carbons (Fsp3) is 0.444. The number of rotatable bonds is 2. The SMILES string of the molecule is O=C(O)C1CCCN1c1cc(=O)[nH]cn1. The number of carbonyl (C=O) groups is 1. The van der Waals surface area contributed by atoms with E-state index >= 15 is 0 Å². The predicted molar refractivity (Wildman–Crippen MR) is 52.9 cm³/mol. The van der Waals surface area contributed by atoms with Gasteiger partial charge in [0.1, 0.15) is 11.9 Å². The number of carboxylic acids is 1. The van der Waals surface area contributed by atoms with Gasteiger partial charge >= 0.3 is 5.97 Å². The molecule has 0 amide bonds. The number of aromatic nitrogens is 2. The molecule has 0 spiro atoms. The number of carboxylic acid groups (broad SMARTS) is 1. The molecule has 1 fully saturated rings. The molecule has 0 aromatic carbocycles. The van der Waals surface area contributed by atoms with Crippen molar-refractivity contribution in [2.75, 3.05) is 11.4 Å². The Kier molecular flexibility index (Phi) is 2.40. The quantitative estimate of drug-likeness (QED) is 0.705. The van der Waals surface area contributed by atoms with Gasteiger partial charge in [0.15, 0.2) is 0 Å². The number of hydrogen-bond donors (Lipinski definition) is 2. The fourth-order valence-corrected chi connectivity index (χ4v) is 1.81. The van der Waals surface area contributed by atoms with Gasteiger partial charge in [-0.2, -0.15) is 0 Å². The summed E-state index contributed by atoms with van der Waals surface area (Å²) in [4.78, 5) is 30.0. The molecule has 1 aromatic rings. The van der Waals surface area contributed by atoms with Crippen LogP contribution in [0.5, 0.6) is 0 Å². The number of anilines is 1. The van der Waals surface area contributed by atoms with Crippen molar-refractivity contribution in [3.8, 4) is 0 Å². The first-order chi connectivity index (χ1) is 7.18. The highest BCUT2D eigenvalue weighted by molar-refractivity contribution is 5.78. The molecule has 0 radical (unpaired) electrons. The molecule has 15 heavy (non-hydrogen) atoms. The van der Waals surface area contributed by atoms with Gasteiger partial charge in [0.2, 0.25) is 0 Å². The molecule has 80 valence electrons. The van der Waals surface area contributed by atoms with Crippen molar-refractivity contribution in [3.63, 3.8) is 0 Å². The zero-order valence-corrected chi connectivity index (χ0v) is 8.01. The Labute approximate surface area is 85.6 Å². The Morgan fingerprint density at radius 3 is 3.13 bits per heavy atom. The first-order valence-corrected chi connectivity index (χ1v) is 4.72. The van der Waals surface area contributed by atoms with Crippen LogP contribution in [0.15, 0.2) is 17.2 Å². The molecule has 1 atom stereocenters. The minimum Gasteiger partial charge on any atom is -0.480 e. The second kappa shape index (κ2) is 3.72. The molecule has 0 bridgehead atoms. The Balaban J connectivity index is 2.30. The van der Waals surface area contributed by atoms with Gasteiger partial charge in [-0.15, -0.1) is 0 Å². The van der Waals surface area contributed by atoms with Crippen molar-refractivity contribution >= 4 is 11.8 Å². The van der Waals surface area contributed by atoms with E-state index in [1.54, 1.807) is 4.90 Å². The average molecular weight is 209 g/mol. The number of H-pyrrole nitrogens is 1. The van der Waals surface area contributed by atoms with Gasteiger partial charge in [0, 0.05) is 12.6 Å². The van der Waals surface area contributed by atoms with E-state index in [9.17, 15) is 9.59 Å². The van der Waals surface area contributed by atoms with E-state index in [1.807, 2.05) is 0 Å². The van der Waals surface area contributed by atoms with E-state index in [0.717, 1.165) is 6.42 Å². The molecule has 2 N–H and O–H groups in total. The van der Waals surface area contributed by atoms with E-state index in [4.69, 9.17) is 5.11 Å². The summed E-state index contributed by atoms with van der Waals surface area (Å²) in [5, 5.41) is 8.96. The van der Waals surface area contributed by atoms with Crippen LogP contribution in [-0.4, -0.2) is 33.6 Å². The van der Waals surface area contributed by atoms with Gasteiger partial charge in [-0.3, -0.25) is 4.79 Å². The topological polar surface area (TPSA) is 86.3 Å². The monoisotopic (exact) mass is 209 g/mol. The molecule has 2 heterocycles. The first-order valence-electron chi connectivity index (χ1n) is 4.72. The standard InChI is InChI=1S/C9H11N3O3/c13-8-4-7(10-5-11-8)12-3-1-2-6(12)9(14)15/h4-6H,1-3H2,(H,14,15)(H,10,11,13). The third-order valence-corrected chi connectivity index (χ3v) is 2.50. The van der Waals surface area contributed by atoms with E-state index in [0.29, 0.717) is 18.8 Å².